The molecule has 0 unspecified atom stereocenters. The molecule has 126 valence electrons. The van der Waals surface area contributed by atoms with Crippen molar-refractivity contribution in [3.05, 3.63) is 35.4 Å². The molecule has 0 radical (unpaired) electrons. The number of likely N-dealkylation sites (tertiary alicyclic amines) is 1. The van der Waals surface area contributed by atoms with Crippen molar-refractivity contribution >= 4 is 29.9 Å². The average molecular weight is 437 g/mol. The molecule has 1 heterocycles. The number of nitrogens with two attached hydrogens (primary N) is 1. The Morgan fingerprint density at radius 1 is 1.22 bits per heavy atom. The Bertz CT molecular complexity index is 597. The summed E-state index contributed by atoms with van der Waals surface area (Å²) in [6, 6.07) is 4.94. The van der Waals surface area contributed by atoms with E-state index in [1.807, 2.05) is 4.90 Å². The molecule has 1 fully saturated rings. The summed E-state index contributed by atoms with van der Waals surface area (Å²) in [7, 11) is 0. The first-order valence-corrected chi connectivity index (χ1v) is 7.18. The first-order valence-electron chi connectivity index (χ1n) is 7.18. The number of nitrogens with zero attached hydrogens (tertiary/aromatic N) is 2. The van der Waals surface area contributed by atoms with E-state index < -0.39 is 11.7 Å². The van der Waals surface area contributed by atoms with Crippen LogP contribution in [0.5, 0.6) is 0 Å². The third kappa shape index (κ3) is 6.29. The minimum absolute atomic E-state index is 0. The highest BCUT2D eigenvalue weighted by Gasteiger charge is 2.30. The first-order chi connectivity index (χ1) is 10.5. The quantitative estimate of drug-likeness (QED) is 0.317. The van der Waals surface area contributed by atoms with Crippen LogP contribution in [0.4, 0.5) is 13.2 Å². The maximum Gasteiger partial charge on any atom is 0.416 e. The smallest absolute Gasteiger partial charge is 0.370 e. The zero-order valence-corrected chi connectivity index (χ0v) is 14.9. The molecule has 0 bridgehead atoms. The van der Waals surface area contributed by atoms with Gasteiger partial charge in [-0.1, -0.05) is 17.9 Å². The highest BCUT2D eigenvalue weighted by Crippen LogP contribution is 2.29. The van der Waals surface area contributed by atoms with Crippen LogP contribution in [-0.2, 0) is 6.18 Å². The van der Waals surface area contributed by atoms with Crippen molar-refractivity contribution in [1.82, 2.24) is 4.90 Å². The van der Waals surface area contributed by atoms with E-state index >= 15 is 0 Å². The summed E-state index contributed by atoms with van der Waals surface area (Å²) in [6.07, 6.45) is -0.939. The van der Waals surface area contributed by atoms with E-state index in [2.05, 4.69) is 16.8 Å². The number of rotatable bonds is 1. The average Bonchev–Trinajstić information content (AvgIpc) is 2.52. The van der Waals surface area contributed by atoms with Crippen molar-refractivity contribution in [2.24, 2.45) is 10.7 Å². The van der Waals surface area contributed by atoms with Gasteiger partial charge in [-0.3, -0.25) is 0 Å². The molecule has 7 heteroatoms. The molecule has 3 nitrogen and oxygen atoms in total. The fourth-order valence-corrected chi connectivity index (χ4v) is 2.26. The molecule has 0 atom stereocenters. The monoisotopic (exact) mass is 437 g/mol. The highest BCUT2D eigenvalue weighted by atomic mass is 127. The van der Waals surface area contributed by atoms with E-state index in [-0.39, 0.29) is 30.5 Å². The number of hydrogen-bond acceptors (Lipinski definition) is 1. The Labute approximate surface area is 151 Å². The minimum Gasteiger partial charge on any atom is -0.370 e. The molecule has 1 aliphatic heterocycles. The van der Waals surface area contributed by atoms with E-state index in [1.165, 1.54) is 12.5 Å². The van der Waals surface area contributed by atoms with Crippen LogP contribution in [0.25, 0.3) is 0 Å². The molecular formula is C16H19F3IN3. The van der Waals surface area contributed by atoms with Crippen LogP contribution in [-0.4, -0.2) is 30.5 Å². The number of guanidine groups is 1. The molecule has 2 rings (SSSR count). The van der Waals surface area contributed by atoms with Gasteiger partial charge >= 0.3 is 6.18 Å². The van der Waals surface area contributed by atoms with Gasteiger partial charge in [-0.05, 0) is 37.5 Å². The van der Waals surface area contributed by atoms with Crippen LogP contribution in [0.1, 0.15) is 30.4 Å². The van der Waals surface area contributed by atoms with Crippen molar-refractivity contribution in [3.8, 4) is 11.8 Å². The minimum atomic E-state index is -4.35. The summed E-state index contributed by atoms with van der Waals surface area (Å²) in [5.41, 5.74) is 5.49. The van der Waals surface area contributed by atoms with Gasteiger partial charge in [-0.15, -0.1) is 24.0 Å². The topological polar surface area (TPSA) is 41.6 Å². The Hall–Kier alpha value is -1.43. The van der Waals surface area contributed by atoms with Crippen LogP contribution in [0.15, 0.2) is 29.3 Å². The lowest BCUT2D eigenvalue weighted by Gasteiger charge is -2.27. The molecule has 1 saturated heterocycles. The standard InChI is InChI=1S/C16H18F3N3.HI/c17-16(18,19)14-8-4-6-13(12-14)7-5-9-21-15(20)22-10-2-1-3-11-22;/h4,6,8,12H,1-3,9-11H2,(H2,20,21);1H. The van der Waals surface area contributed by atoms with E-state index in [9.17, 15) is 13.2 Å². The van der Waals surface area contributed by atoms with Gasteiger partial charge in [0.2, 0.25) is 0 Å². The summed E-state index contributed by atoms with van der Waals surface area (Å²) >= 11 is 0. The molecule has 2 N–H and O–H groups in total. The van der Waals surface area contributed by atoms with E-state index in [0.717, 1.165) is 38.1 Å². The number of halogens is 4. The van der Waals surface area contributed by atoms with Crippen LogP contribution in [0.2, 0.25) is 0 Å². The predicted molar refractivity (Wildman–Crippen MR) is 95.7 cm³/mol. The van der Waals surface area contributed by atoms with Gasteiger partial charge in [0.25, 0.3) is 0 Å². The van der Waals surface area contributed by atoms with Gasteiger partial charge < -0.3 is 10.6 Å². The Kier molecular flexibility index (Phi) is 7.68. The number of hydrogen-bond donors (Lipinski definition) is 1. The maximum absolute atomic E-state index is 12.6. The molecule has 1 aliphatic rings. The first kappa shape index (κ1) is 19.6. The molecule has 0 spiro atoms. The number of piperidine rings is 1. The Morgan fingerprint density at radius 2 is 1.91 bits per heavy atom. The van der Waals surface area contributed by atoms with Crippen LogP contribution in [0.3, 0.4) is 0 Å². The van der Waals surface area contributed by atoms with Crippen molar-refractivity contribution in [2.45, 2.75) is 25.4 Å². The largest absolute Gasteiger partial charge is 0.416 e. The zero-order chi connectivity index (χ0) is 16.0. The highest BCUT2D eigenvalue weighted by molar-refractivity contribution is 14.0. The van der Waals surface area contributed by atoms with E-state index in [1.54, 1.807) is 6.07 Å². The van der Waals surface area contributed by atoms with Crippen molar-refractivity contribution in [1.29, 1.82) is 0 Å². The third-order valence-corrected chi connectivity index (χ3v) is 3.42. The zero-order valence-electron chi connectivity index (χ0n) is 12.6. The van der Waals surface area contributed by atoms with E-state index in [0.29, 0.717) is 11.5 Å². The lowest BCUT2D eigenvalue weighted by atomic mass is 10.1. The number of alkyl halides is 3. The second kappa shape index (κ2) is 9.01. The van der Waals surface area contributed by atoms with Gasteiger partial charge in [0.15, 0.2) is 5.96 Å². The summed E-state index contributed by atoms with van der Waals surface area (Å²) < 4.78 is 37.7. The molecule has 1 aromatic rings. The van der Waals surface area contributed by atoms with Gasteiger partial charge in [-0.25, -0.2) is 4.99 Å². The number of benzene rings is 1. The van der Waals surface area contributed by atoms with Crippen molar-refractivity contribution < 1.29 is 13.2 Å². The normalized spacial score (nSPS) is 15.4. The summed E-state index contributed by atoms with van der Waals surface area (Å²) in [5.74, 6) is 5.88. The van der Waals surface area contributed by atoms with Crippen LogP contribution in [0, 0.1) is 11.8 Å². The molecule has 0 aliphatic carbocycles. The molecule has 1 aromatic carbocycles. The van der Waals surface area contributed by atoms with Crippen LogP contribution < -0.4 is 5.73 Å². The SMILES string of the molecule is I.NC(=NCC#Cc1cccc(C(F)(F)F)c1)N1CCCCC1. The van der Waals surface area contributed by atoms with Gasteiger partial charge in [0.05, 0.1) is 5.56 Å². The van der Waals surface area contributed by atoms with Crippen molar-refractivity contribution in [2.75, 3.05) is 19.6 Å². The predicted octanol–water partition coefficient (Wildman–Crippen LogP) is 3.48. The molecule has 0 saturated carbocycles. The van der Waals surface area contributed by atoms with E-state index in [4.69, 9.17) is 5.73 Å². The summed E-state index contributed by atoms with van der Waals surface area (Å²) in [4.78, 5) is 6.17. The fraction of sp³-hybridized carbons (Fsp3) is 0.438. The second-order valence-electron chi connectivity index (χ2n) is 5.10. The summed E-state index contributed by atoms with van der Waals surface area (Å²) in [5, 5.41) is 0. The summed E-state index contributed by atoms with van der Waals surface area (Å²) in [6.45, 7) is 1.98. The lowest BCUT2D eigenvalue weighted by molar-refractivity contribution is -0.137. The molecule has 0 amide bonds. The van der Waals surface area contributed by atoms with Gasteiger partial charge in [-0.2, -0.15) is 13.2 Å². The maximum atomic E-state index is 12.6. The van der Waals surface area contributed by atoms with Gasteiger partial charge in [0.1, 0.15) is 6.54 Å². The van der Waals surface area contributed by atoms with Gasteiger partial charge in [0, 0.05) is 18.7 Å². The molecular weight excluding hydrogens is 418 g/mol. The Balaban J connectivity index is 0.00000264. The fourth-order valence-electron chi connectivity index (χ4n) is 2.26. The Morgan fingerprint density at radius 3 is 2.57 bits per heavy atom. The van der Waals surface area contributed by atoms with Crippen molar-refractivity contribution in [3.63, 3.8) is 0 Å². The molecule has 23 heavy (non-hydrogen) atoms. The number of aliphatic imine (C=N–C) groups is 1. The van der Waals surface area contributed by atoms with Crippen LogP contribution >= 0.6 is 24.0 Å². The lowest BCUT2D eigenvalue weighted by Crippen LogP contribution is -2.40. The second-order valence-corrected chi connectivity index (χ2v) is 5.10. The molecule has 0 aromatic heterocycles. The third-order valence-electron chi connectivity index (χ3n) is 3.42.